The van der Waals surface area contributed by atoms with Gasteiger partial charge in [-0.05, 0) is 62.3 Å². The molecule has 5 heteroatoms. The van der Waals surface area contributed by atoms with Crippen LogP contribution in [-0.4, -0.2) is 48.9 Å². The van der Waals surface area contributed by atoms with E-state index in [9.17, 15) is 9.18 Å². The lowest BCUT2D eigenvalue weighted by Gasteiger charge is -2.36. The summed E-state index contributed by atoms with van der Waals surface area (Å²) in [5.74, 6) is -0.521. The average Bonchev–Trinajstić information content (AvgIpc) is 2.68. The molecule has 0 spiro atoms. The summed E-state index contributed by atoms with van der Waals surface area (Å²) in [6.45, 7) is 1.49. The number of hydrogen-bond acceptors (Lipinski definition) is 3. The molecule has 0 N–H and O–H groups in total. The first-order chi connectivity index (χ1) is 12.5. The second-order valence-electron chi connectivity index (χ2n) is 6.90. The largest absolute Gasteiger partial charge is 0.337 e. The third-order valence-electron chi connectivity index (χ3n) is 4.94. The van der Waals surface area contributed by atoms with Crippen molar-refractivity contribution in [2.75, 3.05) is 27.2 Å². The highest BCUT2D eigenvalue weighted by Crippen LogP contribution is 2.24. The molecule has 4 nitrogen and oxygen atoms in total. The molecular weight excluding hydrogens is 329 g/mol. The quantitative estimate of drug-likeness (QED) is 0.850. The van der Waals surface area contributed by atoms with Crippen molar-refractivity contribution in [3.8, 4) is 17.2 Å². The lowest BCUT2D eigenvalue weighted by atomic mass is 9.99. The van der Waals surface area contributed by atoms with E-state index >= 15 is 0 Å². The van der Waals surface area contributed by atoms with Crippen molar-refractivity contribution in [2.45, 2.75) is 18.9 Å². The number of hydrogen-bond donors (Lipinski definition) is 0. The summed E-state index contributed by atoms with van der Waals surface area (Å²) in [6, 6.07) is 14.0. The van der Waals surface area contributed by atoms with Gasteiger partial charge in [-0.25, -0.2) is 4.39 Å². The summed E-state index contributed by atoms with van der Waals surface area (Å²) in [4.78, 5) is 17.0. The number of nitrogens with zero attached hydrogens (tertiary/aromatic N) is 3. The highest BCUT2D eigenvalue weighted by molar-refractivity contribution is 5.95. The van der Waals surface area contributed by atoms with E-state index in [2.05, 4.69) is 4.90 Å². The molecule has 1 aliphatic rings. The van der Waals surface area contributed by atoms with Crippen LogP contribution in [0.1, 0.15) is 28.8 Å². The molecule has 26 heavy (non-hydrogen) atoms. The first-order valence-corrected chi connectivity index (χ1v) is 8.75. The number of likely N-dealkylation sites (N-methyl/N-ethyl adjacent to an activating group) is 1. The highest BCUT2D eigenvalue weighted by Gasteiger charge is 2.25. The van der Waals surface area contributed by atoms with Crippen molar-refractivity contribution < 1.29 is 9.18 Å². The Morgan fingerprint density at radius 3 is 2.73 bits per heavy atom. The Bertz CT molecular complexity index is 857. The number of rotatable bonds is 3. The van der Waals surface area contributed by atoms with Gasteiger partial charge in [0.1, 0.15) is 11.9 Å². The fourth-order valence-corrected chi connectivity index (χ4v) is 3.37. The fourth-order valence-electron chi connectivity index (χ4n) is 3.37. The van der Waals surface area contributed by atoms with Crippen LogP contribution < -0.4 is 0 Å². The van der Waals surface area contributed by atoms with Crippen LogP contribution in [0.2, 0.25) is 0 Å². The van der Waals surface area contributed by atoms with Gasteiger partial charge in [-0.15, -0.1) is 0 Å². The van der Waals surface area contributed by atoms with Crippen molar-refractivity contribution in [1.29, 1.82) is 5.26 Å². The zero-order valence-corrected chi connectivity index (χ0v) is 15.1. The Morgan fingerprint density at radius 2 is 2.00 bits per heavy atom. The Balaban J connectivity index is 1.85. The predicted molar refractivity (Wildman–Crippen MR) is 99.2 cm³/mol. The van der Waals surface area contributed by atoms with Gasteiger partial charge in [0.25, 0.3) is 5.91 Å². The number of halogens is 1. The number of piperidine rings is 1. The molecule has 0 aliphatic carbocycles. The monoisotopic (exact) mass is 351 g/mol. The molecule has 0 aromatic heterocycles. The van der Waals surface area contributed by atoms with Gasteiger partial charge >= 0.3 is 0 Å². The highest BCUT2D eigenvalue weighted by atomic mass is 19.1. The van der Waals surface area contributed by atoms with E-state index in [0.29, 0.717) is 11.6 Å². The summed E-state index contributed by atoms with van der Waals surface area (Å²) in [5, 5.41) is 9.02. The SMILES string of the molecule is CN(C)C1CCCN(C(=O)c2cccc(-c3ccc(F)c(C#N)c3)c2)C1. The molecule has 2 aromatic carbocycles. The molecule has 1 fully saturated rings. The van der Waals surface area contributed by atoms with Crippen molar-refractivity contribution >= 4 is 5.91 Å². The Hall–Kier alpha value is -2.71. The van der Waals surface area contributed by atoms with Crippen LogP contribution in [0.15, 0.2) is 42.5 Å². The van der Waals surface area contributed by atoms with E-state index in [-0.39, 0.29) is 11.5 Å². The number of carbonyl (C=O) groups excluding carboxylic acids is 1. The molecule has 0 radical (unpaired) electrons. The number of benzene rings is 2. The van der Waals surface area contributed by atoms with Crippen molar-refractivity contribution in [3.63, 3.8) is 0 Å². The second kappa shape index (κ2) is 7.67. The van der Waals surface area contributed by atoms with Crippen LogP contribution in [0, 0.1) is 17.1 Å². The minimum absolute atomic E-state index is 0.00378. The summed E-state index contributed by atoms with van der Waals surface area (Å²) in [7, 11) is 4.08. The van der Waals surface area contributed by atoms with Gasteiger partial charge in [-0.1, -0.05) is 18.2 Å². The standard InChI is InChI=1S/C21H22FN3O/c1-24(2)19-7-4-10-25(14-19)21(26)17-6-3-5-15(11-17)16-8-9-20(22)18(12-16)13-23/h3,5-6,8-9,11-12,19H,4,7,10,14H2,1-2H3. The normalized spacial score (nSPS) is 17.2. The van der Waals surface area contributed by atoms with E-state index in [1.165, 1.54) is 12.1 Å². The minimum atomic E-state index is -0.536. The van der Waals surface area contributed by atoms with E-state index in [1.807, 2.05) is 43.3 Å². The molecular formula is C21H22FN3O. The maximum Gasteiger partial charge on any atom is 0.253 e. The summed E-state index contributed by atoms with van der Waals surface area (Å²) < 4.78 is 13.6. The van der Waals surface area contributed by atoms with Crippen LogP contribution in [0.3, 0.4) is 0 Å². The lowest BCUT2D eigenvalue weighted by Crippen LogP contribution is -2.47. The lowest BCUT2D eigenvalue weighted by molar-refractivity contribution is 0.0635. The van der Waals surface area contributed by atoms with Crippen molar-refractivity contribution in [1.82, 2.24) is 9.80 Å². The van der Waals surface area contributed by atoms with Gasteiger partial charge in [-0.2, -0.15) is 5.26 Å². The van der Waals surface area contributed by atoms with Gasteiger partial charge < -0.3 is 9.80 Å². The molecule has 1 saturated heterocycles. The first kappa shape index (κ1) is 18.1. The summed E-state index contributed by atoms with van der Waals surface area (Å²) in [6.07, 6.45) is 2.10. The average molecular weight is 351 g/mol. The van der Waals surface area contributed by atoms with Gasteiger partial charge in [0.05, 0.1) is 5.56 Å². The summed E-state index contributed by atoms with van der Waals surface area (Å²) >= 11 is 0. The van der Waals surface area contributed by atoms with Crippen LogP contribution >= 0.6 is 0 Å². The zero-order valence-electron chi connectivity index (χ0n) is 15.1. The summed E-state index contributed by atoms with van der Waals surface area (Å²) in [5.41, 5.74) is 2.14. The molecule has 0 saturated carbocycles. The molecule has 0 bridgehead atoms. The Labute approximate surface area is 153 Å². The van der Waals surface area contributed by atoms with Crippen LogP contribution in [0.4, 0.5) is 4.39 Å². The predicted octanol–water partition coefficient (Wildman–Crippen LogP) is 3.53. The Morgan fingerprint density at radius 1 is 1.23 bits per heavy atom. The molecule has 1 aliphatic heterocycles. The molecule has 1 atom stereocenters. The molecule has 3 rings (SSSR count). The van der Waals surface area contributed by atoms with Gasteiger partial charge in [0, 0.05) is 24.7 Å². The van der Waals surface area contributed by atoms with Crippen LogP contribution in [0.25, 0.3) is 11.1 Å². The Kier molecular flexibility index (Phi) is 5.34. The molecule has 1 heterocycles. The van der Waals surface area contributed by atoms with Crippen LogP contribution in [0.5, 0.6) is 0 Å². The zero-order chi connectivity index (χ0) is 18.7. The van der Waals surface area contributed by atoms with Gasteiger partial charge in [-0.3, -0.25) is 4.79 Å². The van der Waals surface area contributed by atoms with Crippen LogP contribution in [-0.2, 0) is 0 Å². The third kappa shape index (κ3) is 3.76. The maximum atomic E-state index is 13.6. The van der Waals surface area contributed by atoms with E-state index in [1.54, 1.807) is 12.1 Å². The molecule has 2 aromatic rings. The van der Waals surface area contributed by atoms with E-state index in [0.717, 1.165) is 37.1 Å². The molecule has 1 amide bonds. The van der Waals surface area contributed by atoms with E-state index < -0.39 is 5.82 Å². The van der Waals surface area contributed by atoms with Crippen molar-refractivity contribution in [3.05, 3.63) is 59.4 Å². The number of nitriles is 1. The molecule has 134 valence electrons. The van der Waals surface area contributed by atoms with Gasteiger partial charge in [0.15, 0.2) is 0 Å². The van der Waals surface area contributed by atoms with E-state index in [4.69, 9.17) is 5.26 Å². The fraction of sp³-hybridized carbons (Fsp3) is 0.333. The molecule has 1 unspecified atom stereocenters. The maximum absolute atomic E-state index is 13.6. The number of carbonyl (C=O) groups is 1. The van der Waals surface area contributed by atoms with Gasteiger partial charge in [0.2, 0.25) is 0 Å². The third-order valence-corrected chi connectivity index (χ3v) is 4.94. The topological polar surface area (TPSA) is 47.3 Å². The smallest absolute Gasteiger partial charge is 0.253 e. The number of amides is 1. The second-order valence-corrected chi connectivity index (χ2v) is 6.90. The first-order valence-electron chi connectivity index (χ1n) is 8.75. The van der Waals surface area contributed by atoms with Crippen molar-refractivity contribution in [2.24, 2.45) is 0 Å². The number of likely N-dealkylation sites (tertiary alicyclic amines) is 1. The minimum Gasteiger partial charge on any atom is -0.337 e.